The van der Waals surface area contributed by atoms with E-state index in [0.717, 1.165) is 36.0 Å². The number of nitrogens with zero attached hydrogens (tertiary/aromatic N) is 2. The number of nitrogens with two attached hydrogens (primary N) is 1. The van der Waals surface area contributed by atoms with Crippen LogP contribution >= 0.6 is 11.8 Å². The lowest BCUT2D eigenvalue weighted by Crippen LogP contribution is -2.58. The van der Waals surface area contributed by atoms with Gasteiger partial charge in [-0.15, -0.1) is 11.8 Å². The van der Waals surface area contributed by atoms with Gasteiger partial charge in [0.2, 0.25) is 11.8 Å². The number of rotatable bonds is 5. The predicted octanol–water partition coefficient (Wildman–Crippen LogP) is 4.37. The molecule has 0 spiro atoms. The molecule has 3 aromatic rings. The molecule has 0 aromatic heterocycles. The Morgan fingerprint density at radius 3 is 2.11 bits per heavy atom. The topological polar surface area (TPSA) is 83.7 Å². The van der Waals surface area contributed by atoms with Crippen LogP contribution in [0.4, 0.5) is 23.2 Å². The van der Waals surface area contributed by atoms with E-state index in [1.54, 1.807) is 24.3 Å². The van der Waals surface area contributed by atoms with Crippen LogP contribution in [-0.4, -0.2) is 41.8 Å². The van der Waals surface area contributed by atoms with E-state index in [4.69, 9.17) is 5.73 Å². The highest BCUT2D eigenvalue weighted by Crippen LogP contribution is 2.47. The van der Waals surface area contributed by atoms with Crippen molar-refractivity contribution in [2.24, 2.45) is 5.73 Å². The van der Waals surface area contributed by atoms with Gasteiger partial charge in [-0.2, -0.15) is 0 Å². The van der Waals surface area contributed by atoms with Gasteiger partial charge in [0, 0.05) is 24.1 Å². The number of hydrogen-bond donors (Lipinski definition) is 1. The number of hydrogen-bond acceptors (Lipinski definition) is 5. The summed E-state index contributed by atoms with van der Waals surface area (Å²) in [5.74, 6) is -6.30. The second-order valence-corrected chi connectivity index (χ2v) is 10.1. The molecule has 0 saturated carbocycles. The summed E-state index contributed by atoms with van der Waals surface area (Å²) >= 11 is 1.05. The Bertz CT molecular complexity index is 1380. The van der Waals surface area contributed by atoms with Gasteiger partial charge in [0.1, 0.15) is 29.3 Å². The number of carbonyl (C=O) groups is 3. The van der Waals surface area contributed by atoms with Crippen LogP contribution in [0.2, 0.25) is 0 Å². The summed E-state index contributed by atoms with van der Waals surface area (Å²) in [6, 6.07) is 9.11. The van der Waals surface area contributed by atoms with Crippen molar-refractivity contribution in [3.63, 3.8) is 0 Å². The summed E-state index contributed by atoms with van der Waals surface area (Å²) in [5, 5.41) is -1.14. The van der Waals surface area contributed by atoms with Crippen molar-refractivity contribution >= 4 is 35.2 Å². The molecule has 1 aliphatic heterocycles. The Hall–Kier alpha value is -3.70. The molecule has 3 aromatic carbocycles. The van der Waals surface area contributed by atoms with Gasteiger partial charge in [-0.1, -0.05) is 12.1 Å². The Labute approximate surface area is 220 Å². The monoisotopic (exact) mass is 545 g/mol. The average molecular weight is 546 g/mol. The summed E-state index contributed by atoms with van der Waals surface area (Å²) in [7, 11) is 1.45. The van der Waals surface area contributed by atoms with Gasteiger partial charge in [-0.3, -0.25) is 19.3 Å². The molecule has 0 fully saturated rings. The highest BCUT2D eigenvalue weighted by atomic mass is 32.2. The first-order valence-electron chi connectivity index (χ1n) is 11.5. The van der Waals surface area contributed by atoms with E-state index in [-0.39, 0.29) is 11.1 Å². The van der Waals surface area contributed by atoms with Gasteiger partial charge in [0.15, 0.2) is 0 Å². The fraction of sp³-hybridized carbons (Fsp3) is 0.222. The standard InChI is InChI=1S/C27H23F4N3O3S/c1-14(32)26(36)34(23(35)9-15-7-17(28)12-18(29)8-15)24-25(16-10-19(30)13-20(31)11-16)38-22-6-4-3-5-21(22)33(2)27(24)37/h3-8,10-14,24-25H,9,32H2,1-2H3/t14-,24-,25+/m0/s1. The van der Waals surface area contributed by atoms with E-state index in [1.165, 1.54) is 18.9 Å². The number of likely N-dealkylation sites (N-methyl/N-ethyl adjacent to an activating group) is 1. The minimum Gasteiger partial charge on any atom is -0.320 e. The molecule has 1 aliphatic rings. The number of para-hydroxylation sites is 1. The quantitative estimate of drug-likeness (QED) is 0.482. The maximum absolute atomic E-state index is 14.3. The van der Waals surface area contributed by atoms with E-state index >= 15 is 0 Å². The minimum atomic E-state index is -1.59. The van der Waals surface area contributed by atoms with Crippen LogP contribution in [0.15, 0.2) is 65.6 Å². The Balaban J connectivity index is 1.89. The third-order valence-electron chi connectivity index (χ3n) is 6.02. The second kappa shape index (κ2) is 11.0. The molecule has 0 bridgehead atoms. The highest BCUT2D eigenvalue weighted by molar-refractivity contribution is 7.99. The molecular formula is C27H23F4N3O3S. The Morgan fingerprint density at radius 1 is 0.974 bits per heavy atom. The Kier molecular flexibility index (Phi) is 7.89. The predicted molar refractivity (Wildman–Crippen MR) is 134 cm³/mol. The largest absolute Gasteiger partial charge is 0.320 e. The van der Waals surface area contributed by atoms with Crippen LogP contribution < -0.4 is 10.6 Å². The van der Waals surface area contributed by atoms with Crippen molar-refractivity contribution in [1.29, 1.82) is 0 Å². The van der Waals surface area contributed by atoms with Crippen molar-refractivity contribution < 1.29 is 31.9 Å². The first-order chi connectivity index (χ1) is 18.0. The third kappa shape index (κ3) is 5.58. The van der Waals surface area contributed by atoms with Crippen LogP contribution in [-0.2, 0) is 20.8 Å². The van der Waals surface area contributed by atoms with Crippen LogP contribution in [0.3, 0.4) is 0 Å². The zero-order valence-corrected chi connectivity index (χ0v) is 21.1. The van der Waals surface area contributed by atoms with Gasteiger partial charge in [0.25, 0.3) is 5.91 Å². The molecule has 4 rings (SSSR count). The second-order valence-electron chi connectivity index (χ2n) is 8.90. The molecule has 38 heavy (non-hydrogen) atoms. The highest BCUT2D eigenvalue weighted by Gasteiger charge is 2.46. The van der Waals surface area contributed by atoms with Crippen molar-refractivity contribution in [2.45, 2.75) is 35.6 Å². The number of imide groups is 1. The summed E-state index contributed by atoms with van der Waals surface area (Å²) in [6.07, 6.45) is -0.636. The molecule has 0 saturated heterocycles. The van der Waals surface area contributed by atoms with Crippen molar-refractivity contribution in [1.82, 2.24) is 4.90 Å². The van der Waals surface area contributed by atoms with Gasteiger partial charge in [-0.05, 0) is 54.4 Å². The van der Waals surface area contributed by atoms with Crippen molar-refractivity contribution in [3.8, 4) is 0 Å². The lowest BCUT2D eigenvalue weighted by Gasteiger charge is -2.35. The molecule has 3 amide bonds. The summed E-state index contributed by atoms with van der Waals surface area (Å²) in [4.78, 5) is 43.3. The molecule has 1 heterocycles. The number of halogens is 4. The van der Waals surface area contributed by atoms with Gasteiger partial charge >= 0.3 is 0 Å². The SMILES string of the molecule is C[C@H](N)C(=O)N(C(=O)Cc1cc(F)cc(F)c1)[C@@H]1C(=O)N(C)c2ccccc2S[C@@H]1c1cc(F)cc(F)c1. The zero-order valence-electron chi connectivity index (χ0n) is 20.3. The number of carbonyl (C=O) groups excluding carboxylic acids is 3. The molecule has 0 unspecified atom stereocenters. The third-order valence-corrected chi connectivity index (χ3v) is 7.40. The fourth-order valence-electron chi connectivity index (χ4n) is 4.32. The zero-order chi connectivity index (χ0) is 27.7. The van der Waals surface area contributed by atoms with Crippen molar-refractivity contribution in [2.75, 3.05) is 11.9 Å². The van der Waals surface area contributed by atoms with E-state index in [9.17, 15) is 31.9 Å². The smallest absolute Gasteiger partial charge is 0.251 e. The molecule has 2 N–H and O–H groups in total. The summed E-state index contributed by atoms with van der Waals surface area (Å²) in [5.41, 5.74) is 6.24. The summed E-state index contributed by atoms with van der Waals surface area (Å²) < 4.78 is 56.2. The van der Waals surface area contributed by atoms with Crippen LogP contribution in [0.25, 0.3) is 0 Å². The number of benzene rings is 3. The van der Waals surface area contributed by atoms with Crippen LogP contribution in [0.5, 0.6) is 0 Å². The molecule has 6 nitrogen and oxygen atoms in total. The van der Waals surface area contributed by atoms with Gasteiger partial charge in [-0.25, -0.2) is 17.6 Å². The first-order valence-corrected chi connectivity index (χ1v) is 12.4. The van der Waals surface area contributed by atoms with Crippen LogP contribution in [0.1, 0.15) is 23.3 Å². The van der Waals surface area contributed by atoms with Gasteiger partial charge in [0.05, 0.1) is 23.4 Å². The number of amides is 3. The maximum atomic E-state index is 14.3. The first kappa shape index (κ1) is 27.3. The lowest BCUT2D eigenvalue weighted by molar-refractivity contribution is -0.151. The van der Waals surface area contributed by atoms with Crippen LogP contribution in [0, 0.1) is 23.3 Å². The molecule has 198 valence electrons. The van der Waals surface area contributed by atoms with Gasteiger partial charge < -0.3 is 10.6 Å². The van der Waals surface area contributed by atoms with Crippen molar-refractivity contribution in [3.05, 3.63) is 95.1 Å². The molecular weight excluding hydrogens is 522 g/mol. The molecule has 3 atom stereocenters. The molecule has 0 aliphatic carbocycles. The number of thioether (sulfide) groups is 1. The van der Waals surface area contributed by atoms with E-state index in [0.29, 0.717) is 27.6 Å². The number of anilines is 1. The fourth-order valence-corrected chi connectivity index (χ4v) is 5.72. The van der Waals surface area contributed by atoms with E-state index < -0.39 is 64.7 Å². The number of fused-ring (bicyclic) bond motifs is 1. The van der Waals surface area contributed by atoms with E-state index in [1.807, 2.05) is 0 Å². The molecule has 0 radical (unpaired) electrons. The lowest BCUT2D eigenvalue weighted by atomic mass is 9.99. The Morgan fingerprint density at radius 2 is 1.53 bits per heavy atom. The average Bonchev–Trinajstić information content (AvgIpc) is 2.93. The summed E-state index contributed by atoms with van der Waals surface area (Å²) in [6.45, 7) is 1.31. The maximum Gasteiger partial charge on any atom is 0.251 e. The molecule has 11 heteroatoms. The normalized spacial score (nSPS) is 18.0. The minimum absolute atomic E-state index is 0.0167. The van der Waals surface area contributed by atoms with E-state index in [2.05, 4.69) is 0 Å².